The predicted octanol–water partition coefficient (Wildman–Crippen LogP) is 10.9. The van der Waals surface area contributed by atoms with Gasteiger partial charge in [0.1, 0.15) is 6.61 Å². The van der Waals surface area contributed by atoms with Crippen molar-refractivity contribution < 1.29 is 42.7 Å². The maximum atomic E-state index is 12.5. The van der Waals surface area contributed by atoms with Crippen LogP contribution in [0.2, 0.25) is 0 Å². The normalized spacial score (nSPS) is 14.4. The number of unbranched alkanes of at least 4 members (excludes halogenated alkanes) is 15. The molecule has 4 N–H and O–H groups in total. The summed E-state index contributed by atoms with van der Waals surface area (Å²) < 4.78 is 32.7. The first kappa shape index (κ1) is 51.9. The lowest BCUT2D eigenvalue weighted by atomic mass is 10.0. The first-order valence-corrected chi connectivity index (χ1v) is 22.7. The van der Waals surface area contributed by atoms with Gasteiger partial charge in [-0.1, -0.05) is 159 Å². The Morgan fingerprint density at radius 2 is 1.13 bits per heavy atom. The zero-order valence-corrected chi connectivity index (χ0v) is 35.0. The van der Waals surface area contributed by atoms with Gasteiger partial charge in [0.25, 0.3) is 0 Å². The molecule has 0 spiro atoms. The summed E-state index contributed by atoms with van der Waals surface area (Å²) >= 11 is 0. The van der Waals surface area contributed by atoms with Crippen LogP contribution in [0, 0.1) is 0 Å². The number of aliphatic hydroxyl groups is 1. The van der Waals surface area contributed by atoms with Gasteiger partial charge in [-0.25, -0.2) is 4.57 Å². The molecule has 0 rings (SSSR count). The van der Waals surface area contributed by atoms with Gasteiger partial charge in [-0.2, -0.15) is 0 Å². The van der Waals surface area contributed by atoms with Gasteiger partial charge in [-0.15, -0.1) is 0 Å². The van der Waals surface area contributed by atoms with E-state index in [4.69, 9.17) is 24.3 Å². The highest BCUT2D eigenvalue weighted by atomic mass is 31.2. The first-order valence-electron chi connectivity index (χ1n) is 21.2. The number of hydrogen-bond donors (Lipinski definition) is 3. The number of nitrogens with two attached hydrogens (primary N) is 1. The van der Waals surface area contributed by atoms with Crippen LogP contribution in [0.15, 0.2) is 48.6 Å². The van der Waals surface area contributed by atoms with Crippen molar-refractivity contribution in [2.45, 2.75) is 187 Å². The van der Waals surface area contributed by atoms with Gasteiger partial charge in [0, 0.05) is 19.4 Å². The fraction of sp³-hybridized carbons (Fsp3) is 0.767. The number of phosphoric acid groups is 1. The molecule has 0 saturated heterocycles. The zero-order valence-electron chi connectivity index (χ0n) is 34.1. The number of esters is 2. The third kappa shape index (κ3) is 38.2. The van der Waals surface area contributed by atoms with Crippen LogP contribution in [0.25, 0.3) is 0 Å². The molecular weight excluding hydrogens is 705 g/mol. The molecule has 3 atom stereocenters. The molecule has 0 aliphatic carbocycles. The summed E-state index contributed by atoms with van der Waals surface area (Å²) in [6.07, 6.45) is 40.6. The smallest absolute Gasteiger partial charge is 0.462 e. The minimum absolute atomic E-state index is 0.0379. The predicted molar refractivity (Wildman–Crippen MR) is 221 cm³/mol. The molecule has 10 nitrogen and oxygen atoms in total. The molecule has 0 aliphatic rings. The number of aliphatic hydroxyl groups excluding tert-OH is 1. The summed E-state index contributed by atoms with van der Waals surface area (Å²) in [7, 11) is -4.40. The molecule has 0 heterocycles. The lowest BCUT2D eigenvalue weighted by molar-refractivity contribution is -0.161. The van der Waals surface area contributed by atoms with Gasteiger partial charge in [0.2, 0.25) is 0 Å². The molecule has 0 aromatic carbocycles. The Morgan fingerprint density at radius 1 is 0.630 bits per heavy atom. The molecular formula is C43H78NO9P. The van der Waals surface area contributed by atoms with Crippen LogP contribution >= 0.6 is 7.82 Å². The van der Waals surface area contributed by atoms with Crippen LogP contribution in [0.5, 0.6) is 0 Å². The van der Waals surface area contributed by atoms with E-state index >= 15 is 0 Å². The van der Waals surface area contributed by atoms with Crippen molar-refractivity contribution in [2.75, 3.05) is 26.4 Å². The first-order chi connectivity index (χ1) is 26.2. The number of hydrogen-bond acceptors (Lipinski definition) is 9. The molecule has 0 fully saturated rings. The van der Waals surface area contributed by atoms with E-state index in [1.807, 2.05) is 18.2 Å². The molecule has 0 aliphatic heterocycles. The second-order valence-corrected chi connectivity index (χ2v) is 15.5. The van der Waals surface area contributed by atoms with E-state index in [9.17, 15) is 24.2 Å². The van der Waals surface area contributed by atoms with Crippen molar-refractivity contribution in [3.8, 4) is 0 Å². The molecule has 11 heteroatoms. The third-order valence-electron chi connectivity index (χ3n) is 8.77. The standard InChI is InChI=1S/C43H78NO9P/c1-3-5-6-7-8-9-10-11-12-15-18-21-24-27-30-34-42(46)50-38-41(39-52-54(48,49)51-37-36-44)53-43(47)35-31-28-25-22-19-16-13-14-17-20-23-26-29-33-40(45)32-4-2/h13,16-17,20,22,25-26,29,40-41,45H,3-12,14-15,18-19,21,23-24,27-28,30-39,44H2,1-2H3,(H,48,49)/b16-13-,20-17-,25-22-,29-26-/t40?,41-/m1/s1. The monoisotopic (exact) mass is 784 g/mol. The topological polar surface area (TPSA) is 155 Å². The van der Waals surface area contributed by atoms with E-state index in [-0.39, 0.29) is 38.7 Å². The van der Waals surface area contributed by atoms with E-state index in [0.717, 1.165) is 51.4 Å². The number of rotatable bonds is 39. The lowest BCUT2D eigenvalue weighted by Gasteiger charge is -2.19. The van der Waals surface area contributed by atoms with Gasteiger partial charge in [0.15, 0.2) is 6.10 Å². The van der Waals surface area contributed by atoms with Gasteiger partial charge in [-0.05, 0) is 51.4 Å². The summed E-state index contributed by atoms with van der Waals surface area (Å²) in [5.41, 5.74) is 5.34. The van der Waals surface area contributed by atoms with E-state index < -0.39 is 32.5 Å². The highest BCUT2D eigenvalue weighted by Gasteiger charge is 2.25. The van der Waals surface area contributed by atoms with Crippen molar-refractivity contribution in [3.63, 3.8) is 0 Å². The van der Waals surface area contributed by atoms with Crippen LogP contribution < -0.4 is 5.73 Å². The third-order valence-corrected chi connectivity index (χ3v) is 9.76. The summed E-state index contributed by atoms with van der Waals surface area (Å²) in [6, 6.07) is 0. The molecule has 0 aromatic heterocycles. The van der Waals surface area contributed by atoms with Crippen LogP contribution in [0.1, 0.15) is 174 Å². The van der Waals surface area contributed by atoms with Crippen molar-refractivity contribution >= 4 is 19.8 Å². The Labute approximate surface area is 329 Å². The largest absolute Gasteiger partial charge is 0.472 e. The van der Waals surface area contributed by atoms with E-state index in [1.54, 1.807) is 0 Å². The number of phosphoric ester groups is 1. The maximum absolute atomic E-state index is 12.5. The summed E-state index contributed by atoms with van der Waals surface area (Å²) in [5, 5.41) is 9.72. The Kier molecular flexibility index (Phi) is 37.7. The Hall–Kier alpha value is -2.07. The quantitative estimate of drug-likeness (QED) is 0.0237. The molecule has 0 aromatic rings. The number of allylic oxidation sites excluding steroid dienone is 7. The average Bonchev–Trinajstić information content (AvgIpc) is 3.15. The molecule has 0 saturated carbocycles. The Balaban J connectivity index is 4.28. The summed E-state index contributed by atoms with van der Waals surface area (Å²) in [4.78, 5) is 34.8. The highest BCUT2D eigenvalue weighted by molar-refractivity contribution is 7.47. The van der Waals surface area contributed by atoms with E-state index in [0.29, 0.717) is 19.3 Å². The van der Waals surface area contributed by atoms with Gasteiger partial charge >= 0.3 is 19.8 Å². The minimum atomic E-state index is -4.40. The maximum Gasteiger partial charge on any atom is 0.472 e. The zero-order chi connectivity index (χ0) is 39.8. The van der Waals surface area contributed by atoms with Crippen molar-refractivity contribution in [3.05, 3.63) is 48.6 Å². The SMILES string of the molecule is CCCCCCCCCCCCCCCCCC(=O)OC[C@H](COP(=O)(O)OCCN)OC(=O)CCC/C=C\C/C=C\C/C=C\C/C=C\CC(O)CCC. The van der Waals surface area contributed by atoms with Crippen molar-refractivity contribution in [1.82, 2.24) is 0 Å². The molecule has 54 heavy (non-hydrogen) atoms. The van der Waals surface area contributed by atoms with Crippen LogP contribution in [-0.2, 0) is 32.7 Å². The molecule has 2 unspecified atom stereocenters. The van der Waals surface area contributed by atoms with E-state index in [2.05, 4.69) is 44.2 Å². The van der Waals surface area contributed by atoms with Gasteiger partial charge in [0.05, 0.1) is 19.3 Å². The highest BCUT2D eigenvalue weighted by Crippen LogP contribution is 2.43. The number of carbonyl (C=O) groups is 2. The van der Waals surface area contributed by atoms with Crippen molar-refractivity contribution in [1.29, 1.82) is 0 Å². The fourth-order valence-electron chi connectivity index (χ4n) is 5.64. The summed E-state index contributed by atoms with van der Waals surface area (Å²) in [5.74, 6) is -0.913. The number of ether oxygens (including phenoxy) is 2. The summed E-state index contributed by atoms with van der Waals surface area (Å²) in [6.45, 7) is 3.46. The average molecular weight is 784 g/mol. The second kappa shape index (κ2) is 39.2. The molecule has 0 amide bonds. The lowest BCUT2D eigenvalue weighted by Crippen LogP contribution is -2.29. The molecule has 314 valence electrons. The van der Waals surface area contributed by atoms with Crippen molar-refractivity contribution in [2.24, 2.45) is 5.73 Å². The minimum Gasteiger partial charge on any atom is -0.462 e. The van der Waals surface area contributed by atoms with Crippen LogP contribution in [0.4, 0.5) is 0 Å². The molecule has 0 radical (unpaired) electrons. The molecule has 0 bridgehead atoms. The second-order valence-electron chi connectivity index (χ2n) is 14.0. The fourth-order valence-corrected chi connectivity index (χ4v) is 6.41. The van der Waals surface area contributed by atoms with Crippen LogP contribution in [0.3, 0.4) is 0 Å². The van der Waals surface area contributed by atoms with E-state index in [1.165, 1.54) is 77.0 Å². The van der Waals surface area contributed by atoms with Gasteiger partial charge < -0.3 is 25.2 Å². The van der Waals surface area contributed by atoms with Crippen LogP contribution in [-0.4, -0.2) is 60.5 Å². The van der Waals surface area contributed by atoms with Gasteiger partial charge in [-0.3, -0.25) is 18.6 Å². The Bertz CT molecular complexity index is 1050. The Morgan fingerprint density at radius 3 is 1.67 bits per heavy atom. The number of carbonyl (C=O) groups excluding carboxylic acids is 2.